The second kappa shape index (κ2) is 12.5. The summed E-state index contributed by atoms with van der Waals surface area (Å²) in [5, 5.41) is 10.5. The van der Waals surface area contributed by atoms with E-state index in [4.69, 9.17) is 24.0 Å². The van der Waals surface area contributed by atoms with E-state index in [1.54, 1.807) is 30.6 Å². The number of halogens is 1. The summed E-state index contributed by atoms with van der Waals surface area (Å²) in [7, 11) is -2.46. The quantitative estimate of drug-likeness (QED) is 0.0782. The smallest absolute Gasteiger partial charge is 0.479 e. The van der Waals surface area contributed by atoms with Crippen molar-refractivity contribution in [2.75, 3.05) is 31.8 Å². The van der Waals surface area contributed by atoms with Gasteiger partial charge in [-0.15, -0.1) is 0 Å². The van der Waals surface area contributed by atoms with Gasteiger partial charge in [-0.05, 0) is 30.7 Å². The van der Waals surface area contributed by atoms with Crippen LogP contribution in [0.4, 0.5) is 5.95 Å². The van der Waals surface area contributed by atoms with Gasteiger partial charge in [0, 0.05) is 21.6 Å². The molecule has 0 radical (unpaired) electrons. The number of nitrogens with two attached hydrogens (primary N) is 1. The molecule has 0 spiro atoms. The Hall–Kier alpha value is -2.28. The molecular formula is C25H33BrN5O6PS. The molecule has 0 amide bonds. The zero-order chi connectivity index (χ0) is 28.2. The monoisotopic (exact) mass is 641 g/mol. The van der Waals surface area contributed by atoms with Crippen molar-refractivity contribution in [2.24, 2.45) is 11.3 Å². The Morgan fingerprint density at radius 1 is 1.23 bits per heavy atom. The van der Waals surface area contributed by atoms with Gasteiger partial charge < -0.3 is 24.7 Å². The average Bonchev–Trinajstić information content (AvgIpc) is 3.52. The number of benzene rings is 1. The molecule has 4 rings (SSSR count). The first-order chi connectivity index (χ1) is 18.5. The lowest BCUT2D eigenvalue weighted by Gasteiger charge is -2.21. The zero-order valence-corrected chi connectivity index (χ0v) is 25.5. The number of nitrogens with zero attached hydrogens (tertiary/aromatic N) is 4. The van der Waals surface area contributed by atoms with Crippen LogP contribution in [-0.2, 0) is 13.6 Å². The number of allylic oxidation sites excluding steroid dienone is 1. The second-order valence-corrected chi connectivity index (χ2v) is 13.6. The van der Waals surface area contributed by atoms with Gasteiger partial charge in [0.25, 0.3) is 0 Å². The van der Waals surface area contributed by atoms with E-state index in [1.807, 2.05) is 37.5 Å². The van der Waals surface area contributed by atoms with Crippen LogP contribution < -0.4 is 15.0 Å². The summed E-state index contributed by atoms with van der Waals surface area (Å²) in [5.74, 6) is 1.15. The number of aromatic nitrogens is 4. The highest BCUT2D eigenvalue weighted by Gasteiger charge is 2.32. The Morgan fingerprint density at radius 2 is 1.97 bits per heavy atom. The summed E-state index contributed by atoms with van der Waals surface area (Å²) < 4.78 is 38.9. The highest BCUT2D eigenvalue weighted by molar-refractivity contribution is 9.10. The molecule has 2 aromatic heterocycles. The molecule has 2 heterocycles. The minimum absolute atomic E-state index is 0.0598. The van der Waals surface area contributed by atoms with E-state index in [2.05, 4.69) is 30.9 Å². The van der Waals surface area contributed by atoms with Crippen molar-refractivity contribution in [1.82, 2.24) is 19.5 Å². The maximum atomic E-state index is 13.6. The molecule has 3 aromatic rings. The summed E-state index contributed by atoms with van der Waals surface area (Å²) >= 11 is 4.08. The second-order valence-electron chi connectivity index (χ2n) is 9.94. The number of phosphoric ester groups is 1. The molecule has 1 aromatic carbocycles. The molecule has 14 heteroatoms. The third-order valence-electron chi connectivity index (χ3n) is 5.86. The topological polar surface area (TPSA) is 144 Å². The van der Waals surface area contributed by atoms with Gasteiger partial charge in [-0.2, -0.15) is 21.3 Å². The number of fused-ring (bicyclic) bond motifs is 1. The highest BCUT2D eigenvalue weighted by atomic mass is 79.9. The van der Waals surface area contributed by atoms with Crippen molar-refractivity contribution < 1.29 is 28.0 Å². The predicted molar refractivity (Wildman–Crippen MR) is 158 cm³/mol. The van der Waals surface area contributed by atoms with Gasteiger partial charge in [0.2, 0.25) is 11.8 Å². The standard InChI is InChI=1S/C25H33BrN5O6PS/c1-25(2,3)23(32)39-12-11-35-38(33,37-19-9-6-17(26)7-10-19)36-14-16-5-8-18(13-16)31-15-28-20-21(31)29-24(27)30-22(20)34-4/h5-10,15-16,18,32,39H,11-14H2,1-4H3,(H2,27,29,30)/t16-,18+,38?/m1/s1. The van der Waals surface area contributed by atoms with Crippen LogP contribution >= 0.6 is 35.1 Å². The minimum atomic E-state index is -3.96. The van der Waals surface area contributed by atoms with Crippen LogP contribution in [0.25, 0.3) is 11.2 Å². The molecule has 11 nitrogen and oxygen atoms in total. The number of nitrogen functional groups attached to an aromatic ring is 1. The van der Waals surface area contributed by atoms with Crippen molar-refractivity contribution in [3.8, 4) is 11.6 Å². The summed E-state index contributed by atoms with van der Waals surface area (Å²) in [5.41, 5.74) is 6.60. The van der Waals surface area contributed by atoms with Crippen LogP contribution in [0.5, 0.6) is 11.6 Å². The molecule has 1 aliphatic rings. The Morgan fingerprint density at radius 3 is 2.67 bits per heavy atom. The van der Waals surface area contributed by atoms with Gasteiger partial charge in [0.05, 0.1) is 37.7 Å². The van der Waals surface area contributed by atoms with E-state index in [1.165, 1.54) is 7.11 Å². The summed E-state index contributed by atoms with van der Waals surface area (Å²) in [6, 6.07) is 6.85. The number of phosphoric acid groups is 1. The van der Waals surface area contributed by atoms with Crippen LogP contribution in [-0.4, -0.2) is 55.8 Å². The summed E-state index contributed by atoms with van der Waals surface area (Å²) in [6.07, 6.45) is 6.35. The largest absolute Gasteiger partial charge is 0.530 e. The lowest BCUT2D eigenvalue weighted by Crippen LogP contribution is -2.18. The molecule has 0 bridgehead atoms. The third-order valence-corrected chi connectivity index (χ3v) is 9.16. The van der Waals surface area contributed by atoms with Crippen LogP contribution in [0.2, 0.25) is 0 Å². The molecule has 0 aliphatic heterocycles. The average molecular weight is 643 g/mol. The first kappa shape index (κ1) is 29.7. The zero-order valence-electron chi connectivity index (χ0n) is 22.2. The molecule has 0 fully saturated rings. The molecule has 3 N–H and O–H groups in total. The van der Waals surface area contributed by atoms with Crippen LogP contribution in [0.15, 0.2) is 47.2 Å². The SMILES string of the molecule is COc1nc(N)nc2c1ncn2[C@H]1C=C[C@@H](COP(=O)(OCC[SH]=C(O)C(C)(C)C)Oc2ccc(Br)cc2)C1. The van der Waals surface area contributed by atoms with Gasteiger partial charge in [0.1, 0.15) is 5.75 Å². The number of rotatable bonds is 11. The molecule has 3 atom stereocenters. The number of hydrogen-bond acceptors (Lipinski definition) is 9. The van der Waals surface area contributed by atoms with Crippen molar-refractivity contribution in [2.45, 2.75) is 33.2 Å². The molecule has 1 aliphatic carbocycles. The predicted octanol–water partition coefficient (Wildman–Crippen LogP) is 5.72. The maximum absolute atomic E-state index is 13.6. The van der Waals surface area contributed by atoms with E-state index in [-0.39, 0.29) is 36.5 Å². The number of methoxy groups -OCH3 is 1. The number of anilines is 1. The first-order valence-corrected chi connectivity index (χ1v) is 15.6. The number of aliphatic hydroxyl groups excluding tert-OH is 1. The van der Waals surface area contributed by atoms with E-state index < -0.39 is 7.82 Å². The molecular weight excluding hydrogens is 609 g/mol. The van der Waals surface area contributed by atoms with E-state index in [0.29, 0.717) is 51.4 Å². The van der Waals surface area contributed by atoms with Gasteiger partial charge >= 0.3 is 7.82 Å². The van der Waals surface area contributed by atoms with Crippen molar-refractivity contribution >= 4 is 57.3 Å². The number of aliphatic hydroxyl groups is 1. The minimum Gasteiger partial charge on any atom is -0.479 e. The number of thiol groups is 1. The number of hydrogen-bond donors (Lipinski definition) is 3. The fourth-order valence-electron chi connectivity index (χ4n) is 3.82. The fourth-order valence-corrected chi connectivity index (χ4v) is 6.34. The van der Waals surface area contributed by atoms with Crippen LogP contribution in [0.1, 0.15) is 33.2 Å². The fraction of sp³-hybridized carbons (Fsp3) is 0.440. The normalized spacial score (nSPS) is 19.6. The van der Waals surface area contributed by atoms with Gasteiger partial charge in [-0.3, -0.25) is 9.05 Å². The van der Waals surface area contributed by atoms with Gasteiger partial charge in [0.15, 0.2) is 11.2 Å². The molecule has 1 unspecified atom stereocenters. The van der Waals surface area contributed by atoms with Crippen LogP contribution in [0.3, 0.4) is 0 Å². The number of imidazole rings is 1. The molecule has 212 valence electrons. The third kappa shape index (κ3) is 7.68. The van der Waals surface area contributed by atoms with Crippen molar-refractivity contribution in [3.05, 3.63) is 47.2 Å². The van der Waals surface area contributed by atoms with Crippen molar-refractivity contribution in [3.63, 3.8) is 0 Å². The van der Waals surface area contributed by atoms with Crippen LogP contribution in [0, 0.1) is 11.3 Å². The molecule has 39 heavy (non-hydrogen) atoms. The lowest BCUT2D eigenvalue weighted by molar-refractivity contribution is 0.148. The molecule has 0 saturated carbocycles. The maximum Gasteiger partial charge on any atom is 0.530 e. The number of ether oxygens (including phenoxy) is 1. The highest BCUT2D eigenvalue weighted by Crippen LogP contribution is 2.50. The summed E-state index contributed by atoms with van der Waals surface area (Å²) in [6.45, 7) is 5.98. The Balaban J connectivity index is 1.42. The van der Waals surface area contributed by atoms with E-state index >= 15 is 0 Å². The van der Waals surface area contributed by atoms with E-state index in [9.17, 15) is 9.67 Å². The molecule has 0 saturated heterocycles. The Labute approximate surface area is 239 Å². The van der Waals surface area contributed by atoms with Crippen molar-refractivity contribution in [1.29, 1.82) is 0 Å². The summed E-state index contributed by atoms with van der Waals surface area (Å²) in [4.78, 5) is 12.8. The Bertz CT molecular complexity index is 1410. The van der Waals surface area contributed by atoms with E-state index in [0.717, 1.165) is 4.47 Å². The first-order valence-electron chi connectivity index (χ1n) is 12.3. The van der Waals surface area contributed by atoms with Gasteiger partial charge in [-0.25, -0.2) is 9.55 Å². The Kier molecular flexibility index (Phi) is 9.51. The lowest BCUT2D eigenvalue weighted by atomic mass is 9.99. The van der Waals surface area contributed by atoms with Gasteiger partial charge in [-0.1, -0.05) is 48.9 Å².